The topological polar surface area (TPSA) is 67.3 Å². The number of fused-ring (bicyclic) bond motifs is 2. The highest BCUT2D eigenvalue weighted by molar-refractivity contribution is 9.10. The second-order valence-corrected chi connectivity index (χ2v) is 11.9. The van der Waals surface area contributed by atoms with Crippen molar-refractivity contribution < 1.29 is 26.4 Å². The van der Waals surface area contributed by atoms with Crippen LogP contribution in [-0.2, 0) is 22.6 Å². The summed E-state index contributed by atoms with van der Waals surface area (Å²) in [5.74, 6) is -0.568. The minimum atomic E-state index is -4.46. The number of benzene rings is 3. The standard InChI is InChI=1S/C28H20BrF3N2O3S/c29-21-9-11-25-23(15-21)24(16-22(33-25)10-8-18-4-3-6-20(14-18)28(30,31)32)27(35)34-12-13-38(36,37)26-7-2-1-5-19(26)17-34/h1-11,14-16H,12-13,17H2/b10-8+. The number of carbonyl (C=O) groups excluding carboxylic acids is 1. The van der Waals surface area contributed by atoms with Gasteiger partial charge in [-0.05, 0) is 59.7 Å². The number of nitrogens with zero attached hydrogens (tertiary/aromatic N) is 2. The summed E-state index contributed by atoms with van der Waals surface area (Å²) in [7, 11) is -3.54. The van der Waals surface area contributed by atoms with Gasteiger partial charge in [-0.25, -0.2) is 13.4 Å². The summed E-state index contributed by atoms with van der Waals surface area (Å²) in [6.45, 7) is 0.143. The fraction of sp³-hybridized carbons (Fsp3) is 0.143. The molecule has 1 aliphatic heterocycles. The first-order valence-corrected chi connectivity index (χ1v) is 14.0. The Labute approximate surface area is 225 Å². The van der Waals surface area contributed by atoms with Crippen LogP contribution >= 0.6 is 15.9 Å². The number of alkyl halides is 3. The average Bonchev–Trinajstić information content (AvgIpc) is 3.02. The van der Waals surface area contributed by atoms with Crippen LogP contribution in [0.1, 0.15) is 32.7 Å². The SMILES string of the molecule is O=C(c1cc(/C=C/c2cccc(C(F)(F)F)c2)nc2ccc(Br)cc12)N1CCS(=O)(=O)c2ccccc2C1. The van der Waals surface area contributed by atoms with E-state index >= 15 is 0 Å². The molecule has 0 bridgehead atoms. The Morgan fingerprint density at radius 3 is 2.55 bits per heavy atom. The summed E-state index contributed by atoms with van der Waals surface area (Å²) in [6.07, 6.45) is -1.40. The smallest absolute Gasteiger partial charge is 0.333 e. The molecule has 5 nitrogen and oxygen atoms in total. The molecule has 0 atom stereocenters. The van der Waals surface area contributed by atoms with Crippen LogP contribution in [-0.4, -0.2) is 36.5 Å². The van der Waals surface area contributed by atoms with Gasteiger partial charge in [-0.3, -0.25) is 4.79 Å². The molecule has 0 unspecified atom stereocenters. The van der Waals surface area contributed by atoms with E-state index in [0.29, 0.717) is 33.3 Å². The molecule has 0 aliphatic carbocycles. The van der Waals surface area contributed by atoms with E-state index in [0.717, 1.165) is 16.6 Å². The number of carbonyl (C=O) groups is 1. The van der Waals surface area contributed by atoms with Gasteiger partial charge in [-0.2, -0.15) is 13.2 Å². The van der Waals surface area contributed by atoms with E-state index < -0.39 is 21.6 Å². The molecular weight excluding hydrogens is 581 g/mol. The second kappa shape index (κ2) is 9.99. The van der Waals surface area contributed by atoms with Gasteiger partial charge in [0, 0.05) is 22.9 Å². The molecular formula is C28H20BrF3N2O3S. The lowest BCUT2D eigenvalue weighted by Gasteiger charge is -2.21. The van der Waals surface area contributed by atoms with E-state index in [4.69, 9.17) is 0 Å². The van der Waals surface area contributed by atoms with Crippen molar-refractivity contribution in [2.24, 2.45) is 0 Å². The highest BCUT2D eigenvalue weighted by atomic mass is 79.9. The van der Waals surface area contributed by atoms with E-state index in [1.54, 1.807) is 60.7 Å². The van der Waals surface area contributed by atoms with Gasteiger partial charge in [0.2, 0.25) is 0 Å². The highest BCUT2D eigenvalue weighted by Crippen LogP contribution is 2.31. The second-order valence-electron chi connectivity index (χ2n) is 8.87. The number of amides is 1. The number of hydrogen-bond donors (Lipinski definition) is 0. The molecule has 0 N–H and O–H groups in total. The molecule has 4 aromatic rings. The van der Waals surface area contributed by atoms with Crippen LogP contribution in [0, 0.1) is 0 Å². The van der Waals surface area contributed by atoms with Gasteiger partial charge in [-0.1, -0.05) is 52.3 Å². The minimum Gasteiger partial charge on any atom is -0.333 e. The maximum atomic E-state index is 13.8. The maximum absolute atomic E-state index is 13.8. The lowest BCUT2D eigenvalue weighted by atomic mass is 10.0. The average molecular weight is 601 g/mol. The van der Waals surface area contributed by atoms with E-state index in [9.17, 15) is 26.4 Å². The molecule has 1 amide bonds. The molecule has 10 heteroatoms. The lowest BCUT2D eigenvalue weighted by molar-refractivity contribution is -0.137. The molecule has 1 aliphatic rings. The summed E-state index contributed by atoms with van der Waals surface area (Å²) in [5, 5.41) is 0.570. The third-order valence-electron chi connectivity index (χ3n) is 6.27. The first kappa shape index (κ1) is 26.1. The molecule has 5 rings (SSSR count). The Bertz CT molecular complexity index is 1700. The lowest BCUT2D eigenvalue weighted by Crippen LogP contribution is -2.32. The van der Waals surface area contributed by atoms with Crippen LogP contribution in [0.15, 0.2) is 82.2 Å². The summed E-state index contributed by atoms with van der Waals surface area (Å²) >= 11 is 3.43. The van der Waals surface area contributed by atoms with Crippen molar-refractivity contribution in [2.45, 2.75) is 17.6 Å². The minimum absolute atomic E-state index is 0.0169. The molecule has 0 saturated carbocycles. The van der Waals surface area contributed by atoms with E-state index in [-0.39, 0.29) is 29.6 Å². The van der Waals surface area contributed by atoms with Crippen LogP contribution in [0.25, 0.3) is 23.1 Å². The van der Waals surface area contributed by atoms with Gasteiger partial charge in [0.25, 0.3) is 5.91 Å². The molecule has 0 radical (unpaired) electrons. The molecule has 38 heavy (non-hydrogen) atoms. The number of halogens is 4. The molecule has 0 saturated heterocycles. The Hall–Kier alpha value is -3.50. The molecule has 2 heterocycles. The van der Waals surface area contributed by atoms with Crippen molar-refractivity contribution >= 4 is 54.7 Å². The van der Waals surface area contributed by atoms with E-state index in [1.807, 2.05) is 0 Å². The van der Waals surface area contributed by atoms with Crippen molar-refractivity contribution in [2.75, 3.05) is 12.3 Å². The van der Waals surface area contributed by atoms with Crippen LogP contribution in [0.5, 0.6) is 0 Å². The first-order chi connectivity index (χ1) is 18.0. The largest absolute Gasteiger partial charge is 0.416 e. The first-order valence-electron chi connectivity index (χ1n) is 11.6. The third-order valence-corrected chi connectivity index (χ3v) is 8.55. The predicted molar refractivity (Wildman–Crippen MR) is 143 cm³/mol. The molecule has 1 aromatic heterocycles. The normalized spacial score (nSPS) is 15.4. The summed E-state index contributed by atoms with van der Waals surface area (Å²) in [4.78, 5) is 20.1. The van der Waals surface area contributed by atoms with E-state index in [2.05, 4.69) is 20.9 Å². The Morgan fingerprint density at radius 1 is 0.974 bits per heavy atom. The Morgan fingerprint density at radius 2 is 1.76 bits per heavy atom. The van der Waals surface area contributed by atoms with Crippen molar-refractivity contribution in [3.8, 4) is 0 Å². The van der Waals surface area contributed by atoms with Crippen molar-refractivity contribution in [3.63, 3.8) is 0 Å². The van der Waals surface area contributed by atoms with Crippen molar-refractivity contribution in [1.29, 1.82) is 0 Å². The number of rotatable bonds is 3. The van der Waals surface area contributed by atoms with Crippen LogP contribution in [0.2, 0.25) is 0 Å². The monoisotopic (exact) mass is 600 g/mol. The van der Waals surface area contributed by atoms with Gasteiger partial charge >= 0.3 is 6.18 Å². The van der Waals surface area contributed by atoms with Gasteiger partial charge in [0.1, 0.15) is 0 Å². The molecule has 0 spiro atoms. The summed E-state index contributed by atoms with van der Waals surface area (Å²) in [5.41, 5.74) is 1.33. The summed E-state index contributed by atoms with van der Waals surface area (Å²) < 4.78 is 65.6. The van der Waals surface area contributed by atoms with E-state index in [1.165, 1.54) is 17.0 Å². The quantitative estimate of drug-likeness (QED) is 0.265. The van der Waals surface area contributed by atoms with Gasteiger partial charge in [-0.15, -0.1) is 0 Å². The van der Waals surface area contributed by atoms with Crippen molar-refractivity contribution in [1.82, 2.24) is 9.88 Å². The number of pyridine rings is 1. The summed E-state index contributed by atoms with van der Waals surface area (Å²) in [6, 6.07) is 18.4. The highest BCUT2D eigenvalue weighted by Gasteiger charge is 2.30. The van der Waals surface area contributed by atoms with Gasteiger partial charge in [0.05, 0.1) is 33.0 Å². The Kier molecular flexibility index (Phi) is 6.87. The maximum Gasteiger partial charge on any atom is 0.416 e. The fourth-order valence-electron chi connectivity index (χ4n) is 4.39. The van der Waals surface area contributed by atoms with Crippen LogP contribution in [0.3, 0.4) is 0 Å². The zero-order chi connectivity index (χ0) is 27.1. The third kappa shape index (κ3) is 5.37. The zero-order valence-electron chi connectivity index (χ0n) is 19.7. The van der Waals surface area contributed by atoms with Crippen LogP contribution < -0.4 is 0 Å². The zero-order valence-corrected chi connectivity index (χ0v) is 22.1. The van der Waals surface area contributed by atoms with Crippen molar-refractivity contribution in [3.05, 3.63) is 105 Å². The predicted octanol–water partition coefficient (Wildman–Crippen LogP) is 6.62. The molecule has 3 aromatic carbocycles. The fourth-order valence-corrected chi connectivity index (χ4v) is 6.25. The number of sulfone groups is 1. The molecule has 194 valence electrons. The van der Waals surface area contributed by atoms with Gasteiger partial charge < -0.3 is 4.90 Å². The molecule has 0 fully saturated rings. The number of aromatic nitrogens is 1. The number of hydrogen-bond acceptors (Lipinski definition) is 4. The van der Waals surface area contributed by atoms with Crippen LogP contribution in [0.4, 0.5) is 13.2 Å². The van der Waals surface area contributed by atoms with Gasteiger partial charge in [0.15, 0.2) is 9.84 Å². The Balaban J connectivity index is 1.55.